The SMILES string of the molecule is COc1cc(F)c(CNC(=O)CS)cc1F. The van der Waals surface area contributed by atoms with Crippen LogP contribution in [-0.4, -0.2) is 18.8 Å². The molecule has 1 N–H and O–H groups in total. The minimum absolute atomic E-state index is 0.000254. The summed E-state index contributed by atoms with van der Waals surface area (Å²) in [6, 6.07) is 1.94. The number of ether oxygens (including phenoxy) is 1. The Morgan fingerprint density at radius 1 is 1.44 bits per heavy atom. The molecule has 16 heavy (non-hydrogen) atoms. The average molecular weight is 247 g/mol. The molecule has 6 heteroatoms. The summed E-state index contributed by atoms with van der Waals surface area (Å²) >= 11 is 3.74. The summed E-state index contributed by atoms with van der Waals surface area (Å²) in [6.45, 7) is -0.0772. The summed E-state index contributed by atoms with van der Waals surface area (Å²) in [4.78, 5) is 10.9. The number of hydrogen-bond acceptors (Lipinski definition) is 3. The topological polar surface area (TPSA) is 38.3 Å². The molecule has 3 nitrogen and oxygen atoms in total. The van der Waals surface area contributed by atoms with E-state index >= 15 is 0 Å². The predicted octanol–water partition coefficient (Wildman–Crippen LogP) is 1.52. The van der Waals surface area contributed by atoms with Crippen molar-refractivity contribution in [2.24, 2.45) is 0 Å². The van der Waals surface area contributed by atoms with E-state index < -0.39 is 11.6 Å². The first-order chi connectivity index (χ1) is 7.58. The van der Waals surface area contributed by atoms with Crippen molar-refractivity contribution in [1.29, 1.82) is 0 Å². The van der Waals surface area contributed by atoms with Gasteiger partial charge in [-0.15, -0.1) is 0 Å². The van der Waals surface area contributed by atoms with Gasteiger partial charge < -0.3 is 10.1 Å². The number of halogens is 2. The molecule has 0 atom stereocenters. The van der Waals surface area contributed by atoms with Gasteiger partial charge in [0.2, 0.25) is 5.91 Å². The van der Waals surface area contributed by atoms with E-state index in [1.165, 1.54) is 7.11 Å². The van der Waals surface area contributed by atoms with Crippen molar-refractivity contribution in [3.8, 4) is 5.75 Å². The zero-order chi connectivity index (χ0) is 12.1. The fourth-order valence-electron chi connectivity index (χ4n) is 1.11. The lowest BCUT2D eigenvalue weighted by Crippen LogP contribution is -2.24. The Labute approximate surface area is 97.2 Å². The number of nitrogens with one attached hydrogen (secondary N) is 1. The van der Waals surface area contributed by atoms with Crippen molar-refractivity contribution in [3.05, 3.63) is 29.3 Å². The van der Waals surface area contributed by atoms with Gasteiger partial charge >= 0.3 is 0 Å². The van der Waals surface area contributed by atoms with Crippen LogP contribution in [0.3, 0.4) is 0 Å². The van der Waals surface area contributed by atoms with Gasteiger partial charge in [-0.2, -0.15) is 12.6 Å². The first-order valence-electron chi connectivity index (χ1n) is 4.48. The molecule has 1 aromatic rings. The van der Waals surface area contributed by atoms with E-state index in [1.54, 1.807) is 0 Å². The first kappa shape index (κ1) is 12.8. The van der Waals surface area contributed by atoms with Crippen molar-refractivity contribution in [2.75, 3.05) is 12.9 Å². The van der Waals surface area contributed by atoms with Crippen molar-refractivity contribution in [3.63, 3.8) is 0 Å². The zero-order valence-corrected chi connectivity index (χ0v) is 9.48. The quantitative estimate of drug-likeness (QED) is 0.792. The summed E-state index contributed by atoms with van der Waals surface area (Å²) in [7, 11) is 1.25. The van der Waals surface area contributed by atoms with E-state index in [0.717, 1.165) is 12.1 Å². The number of amides is 1. The lowest BCUT2D eigenvalue weighted by atomic mass is 10.2. The largest absolute Gasteiger partial charge is 0.494 e. The molecule has 0 fully saturated rings. The van der Waals surface area contributed by atoms with Crippen LogP contribution < -0.4 is 10.1 Å². The van der Waals surface area contributed by atoms with Gasteiger partial charge in [0, 0.05) is 18.2 Å². The van der Waals surface area contributed by atoms with E-state index in [4.69, 9.17) is 0 Å². The average Bonchev–Trinajstić information content (AvgIpc) is 2.29. The van der Waals surface area contributed by atoms with Crippen LogP contribution in [0.4, 0.5) is 8.78 Å². The number of carbonyl (C=O) groups is 1. The third-order valence-corrected chi connectivity index (χ3v) is 2.23. The minimum atomic E-state index is -0.668. The summed E-state index contributed by atoms with van der Waals surface area (Å²) < 4.78 is 31.2. The Bertz CT molecular complexity index is 399. The maximum absolute atomic E-state index is 13.4. The standard InChI is InChI=1S/C10H11F2NO2S/c1-15-9-3-7(11)6(2-8(9)12)4-13-10(14)5-16/h2-3,16H,4-5H2,1H3,(H,13,14). The van der Waals surface area contributed by atoms with E-state index in [2.05, 4.69) is 22.7 Å². The van der Waals surface area contributed by atoms with Crippen LogP contribution in [0.2, 0.25) is 0 Å². The number of methoxy groups -OCH3 is 1. The molecule has 0 aromatic heterocycles. The monoisotopic (exact) mass is 247 g/mol. The highest BCUT2D eigenvalue weighted by Gasteiger charge is 2.10. The third kappa shape index (κ3) is 3.10. The summed E-state index contributed by atoms with van der Waals surface area (Å²) in [6.07, 6.45) is 0. The van der Waals surface area contributed by atoms with Crippen LogP contribution in [0.5, 0.6) is 5.75 Å². The number of hydrogen-bond donors (Lipinski definition) is 2. The molecule has 0 saturated heterocycles. The van der Waals surface area contributed by atoms with Crippen molar-refractivity contribution in [2.45, 2.75) is 6.54 Å². The molecule has 88 valence electrons. The molecule has 0 saturated carbocycles. The lowest BCUT2D eigenvalue weighted by Gasteiger charge is -2.07. The second kappa shape index (κ2) is 5.69. The molecule has 0 heterocycles. The molecule has 0 aliphatic heterocycles. The smallest absolute Gasteiger partial charge is 0.229 e. The Kier molecular flexibility index (Phi) is 4.54. The van der Waals surface area contributed by atoms with E-state index in [9.17, 15) is 13.6 Å². The molecular formula is C10H11F2NO2S. The summed E-state index contributed by atoms with van der Waals surface area (Å²) in [5.41, 5.74) is 0.0634. The highest BCUT2D eigenvalue weighted by atomic mass is 32.1. The molecule has 1 rings (SSSR count). The molecule has 0 radical (unpaired) electrons. The van der Waals surface area contributed by atoms with E-state index in [1.807, 2.05) is 0 Å². The third-order valence-electron chi connectivity index (χ3n) is 1.94. The first-order valence-corrected chi connectivity index (χ1v) is 5.11. The van der Waals surface area contributed by atoms with Gasteiger partial charge in [-0.25, -0.2) is 8.78 Å². The number of carbonyl (C=O) groups excluding carboxylic acids is 1. The Hall–Kier alpha value is -1.30. The molecule has 1 amide bonds. The Morgan fingerprint density at radius 2 is 2.12 bits per heavy atom. The van der Waals surface area contributed by atoms with Gasteiger partial charge in [0.25, 0.3) is 0 Å². The van der Waals surface area contributed by atoms with E-state index in [-0.39, 0.29) is 29.5 Å². The van der Waals surface area contributed by atoms with Crippen LogP contribution in [0.25, 0.3) is 0 Å². The van der Waals surface area contributed by atoms with Crippen molar-refractivity contribution < 1.29 is 18.3 Å². The maximum Gasteiger partial charge on any atom is 0.229 e. The highest BCUT2D eigenvalue weighted by molar-refractivity contribution is 7.81. The van der Waals surface area contributed by atoms with Crippen LogP contribution in [-0.2, 0) is 11.3 Å². The second-order valence-corrected chi connectivity index (χ2v) is 3.33. The van der Waals surface area contributed by atoms with Crippen molar-refractivity contribution in [1.82, 2.24) is 5.32 Å². The Morgan fingerprint density at radius 3 is 2.69 bits per heavy atom. The highest BCUT2D eigenvalue weighted by Crippen LogP contribution is 2.20. The van der Waals surface area contributed by atoms with Gasteiger partial charge in [-0.3, -0.25) is 4.79 Å². The fourth-order valence-corrected chi connectivity index (χ4v) is 1.22. The number of thiol groups is 1. The molecule has 0 unspecified atom stereocenters. The predicted molar refractivity (Wildman–Crippen MR) is 58.6 cm³/mol. The van der Waals surface area contributed by atoms with Crippen LogP contribution in [0.1, 0.15) is 5.56 Å². The molecule has 0 spiro atoms. The van der Waals surface area contributed by atoms with Crippen LogP contribution in [0, 0.1) is 11.6 Å². The van der Waals surface area contributed by atoms with E-state index in [0.29, 0.717) is 0 Å². The summed E-state index contributed by atoms with van der Waals surface area (Å²) in [5.74, 6) is -1.81. The molecule has 0 aliphatic rings. The summed E-state index contributed by atoms with van der Waals surface area (Å²) in [5, 5.41) is 2.39. The molecular weight excluding hydrogens is 236 g/mol. The second-order valence-electron chi connectivity index (χ2n) is 3.01. The molecule has 1 aromatic carbocycles. The lowest BCUT2D eigenvalue weighted by molar-refractivity contribution is -0.118. The van der Waals surface area contributed by atoms with Crippen LogP contribution in [0.15, 0.2) is 12.1 Å². The van der Waals surface area contributed by atoms with Gasteiger partial charge in [0.15, 0.2) is 11.6 Å². The fraction of sp³-hybridized carbons (Fsp3) is 0.300. The molecule has 0 bridgehead atoms. The van der Waals surface area contributed by atoms with Gasteiger partial charge in [-0.1, -0.05) is 0 Å². The molecule has 0 aliphatic carbocycles. The van der Waals surface area contributed by atoms with Gasteiger partial charge in [0.05, 0.1) is 12.9 Å². The number of benzene rings is 1. The Balaban J connectivity index is 2.81. The van der Waals surface area contributed by atoms with Crippen molar-refractivity contribution >= 4 is 18.5 Å². The normalized spacial score (nSPS) is 10.0. The maximum atomic E-state index is 13.4. The van der Waals surface area contributed by atoms with Gasteiger partial charge in [-0.05, 0) is 6.07 Å². The minimum Gasteiger partial charge on any atom is -0.494 e. The van der Waals surface area contributed by atoms with Crippen LogP contribution >= 0.6 is 12.6 Å². The zero-order valence-electron chi connectivity index (χ0n) is 8.59. The number of rotatable bonds is 4. The van der Waals surface area contributed by atoms with Gasteiger partial charge in [0.1, 0.15) is 5.82 Å².